The van der Waals surface area contributed by atoms with E-state index in [4.69, 9.17) is 4.74 Å². The zero-order chi connectivity index (χ0) is 8.93. The molecule has 0 saturated carbocycles. The summed E-state index contributed by atoms with van der Waals surface area (Å²) in [7, 11) is 0. The second-order valence-electron chi connectivity index (χ2n) is 3.00. The number of rotatable bonds is 3. The second kappa shape index (κ2) is 4.39. The van der Waals surface area contributed by atoms with Gasteiger partial charge in [-0.25, -0.2) is 0 Å². The molecule has 70 valence electrons. The second-order valence-corrected chi connectivity index (χ2v) is 3.78. The van der Waals surface area contributed by atoms with E-state index in [2.05, 4.69) is 15.9 Å². The van der Waals surface area contributed by atoms with Gasteiger partial charge in [-0.2, -0.15) is 16.4 Å². The van der Waals surface area contributed by atoms with Crippen molar-refractivity contribution >= 4 is 17.6 Å². The summed E-state index contributed by atoms with van der Waals surface area (Å²) < 4.78 is 5.21. The minimum atomic E-state index is 0.398. The lowest BCUT2D eigenvalue weighted by atomic mass is 10.3. The molecule has 0 radical (unpaired) electrons. The first-order valence-corrected chi connectivity index (χ1v) is 5.28. The number of hydrogen-bond acceptors (Lipinski definition) is 4. The van der Waals surface area contributed by atoms with Crippen LogP contribution in [0.1, 0.15) is 12.0 Å². The van der Waals surface area contributed by atoms with Crippen molar-refractivity contribution in [3.8, 4) is 0 Å². The molecular formula is C9H12N2OS. The number of nitrogens with zero attached hydrogens (tertiary/aromatic N) is 1. The molecule has 1 aliphatic rings. The van der Waals surface area contributed by atoms with Crippen LogP contribution >= 0.6 is 11.3 Å². The topological polar surface area (TPSA) is 33.6 Å². The summed E-state index contributed by atoms with van der Waals surface area (Å²) in [4.78, 5) is 0. The van der Waals surface area contributed by atoms with Crippen LogP contribution in [-0.4, -0.2) is 25.5 Å². The van der Waals surface area contributed by atoms with Gasteiger partial charge in [-0.1, -0.05) is 0 Å². The fourth-order valence-corrected chi connectivity index (χ4v) is 1.81. The molecule has 0 amide bonds. The third-order valence-electron chi connectivity index (χ3n) is 1.94. The van der Waals surface area contributed by atoms with E-state index >= 15 is 0 Å². The van der Waals surface area contributed by atoms with Crippen molar-refractivity contribution in [2.75, 3.05) is 13.2 Å². The van der Waals surface area contributed by atoms with Crippen LogP contribution in [-0.2, 0) is 4.74 Å². The van der Waals surface area contributed by atoms with Crippen LogP contribution in [0, 0.1) is 0 Å². The van der Waals surface area contributed by atoms with Crippen LogP contribution < -0.4 is 5.43 Å². The van der Waals surface area contributed by atoms with E-state index in [1.54, 1.807) is 11.3 Å². The Labute approximate surface area is 81.4 Å². The molecule has 1 saturated heterocycles. The monoisotopic (exact) mass is 196 g/mol. The highest BCUT2D eigenvalue weighted by Crippen LogP contribution is 2.04. The van der Waals surface area contributed by atoms with Gasteiger partial charge in [0, 0.05) is 12.2 Å². The van der Waals surface area contributed by atoms with Crippen molar-refractivity contribution in [1.29, 1.82) is 0 Å². The number of hydrogen-bond donors (Lipinski definition) is 1. The smallest absolute Gasteiger partial charge is 0.0695 e. The van der Waals surface area contributed by atoms with Gasteiger partial charge in [-0.3, -0.25) is 0 Å². The Bertz CT molecular complexity index is 265. The van der Waals surface area contributed by atoms with Gasteiger partial charge in [0.1, 0.15) is 0 Å². The summed E-state index contributed by atoms with van der Waals surface area (Å²) in [6, 6.07) is 2.44. The minimum absolute atomic E-state index is 0.398. The zero-order valence-electron chi connectivity index (χ0n) is 7.27. The Balaban J connectivity index is 1.78. The molecule has 1 aliphatic heterocycles. The molecule has 1 atom stereocenters. The predicted octanol–water partition coefficient (Wildman–Crippen LogP) is 1.46. The van der Waals surface area contributed by atoms with Crippen LogP contribution in [0.15, 0.2) is 21.9 Å². The lowest BCUT2D eigenvalue weighted by Gasteiger charge is -2.04. The number of thiophene rings is 1. The third kappa shape index (κ3) is 2.54. The molecule has 1 aromatic rings. The highest BCUT2D eigenvalue weighted by Gasteiger charge is 2.13. The van der Waals surface area contributed by atoms with Crippen molar-refractivity contribution in [2.45, 2.75) is 12.5 Å². The number of nitrogens with one attached hydrogen (secondary N) is 1. The molecule has 1 N–H and O–H groups in total. The Morgan fingerprint density at radius 3 is 3.38 bits per heavy atom. The molecule has 0 bridgehead atoms. The molecule has 1 aromatic heterocycles. The van der Waals surface area contributed by atoms with Gasteiger partial charge in [0.2, 0.25) is 0 Å². The largest absolute Gasteiger partial charge is 0.379 e. The quantitative estimate of drug-likeness (QED) is 0.586. The van der Waals surface area contributed by atoms with Crippen molar-refractivity contribution in [3.63, 3.8) is 0 Å². The van der Waals surface area contributed by atoms with E-state index in [1.165, 1.54) is 0 Å². The molecule has 3 nitrogen and oxygen atoms in total. The van der Waals surface area contributed by atoms with Gasteiger partial charge >= 0.3 is 0 Å². The molecule has 2 rings (SSSR count). The summed E-state index contributed by atoms with van der Waals surface area (Å²) >= 11 is 1.68. The van der Waals surface area contributed by atoms with Crippen molar-refractivity contribution in [3.05, 3.63) is 22.4 Å². The highest BCUT2D eigenvalue weighted by molar-refractivity contribution is 7.08. The SMILES string of the molecule is C(=N\NC1CCOC1)/c1ccsc1. The number of hydrazone groups is 1. The van der Waals surface area contributed by atoms with Gasteiger partial charge in [-0.15, -0.1) is 0 Å². The molecule has 1 unspecified atom stereocenters. The van der Waals surface area contributed by atoms with E-state index in [0.717, 1.165) is 25.2 Å². The first kappa shape index (κ1) is 8.72. The summed E-state index contributed by atoms with van der Waals surface area (Å²) in [5.74, 6) is 0. The van der Waals surface area contributed by atoms with Gasteiger partial charge in [-0.05, 0) is 23.2 Å². The standard InChI is InChI=1S/C9H12N2OS/c1-3-12-6-9(1)11-10-5-8-2-4-13-7-8/h2,4-5,7,9,11H,1,3,6H2/b10-5+. The van der Waals surface area contributed by atoms with Gasteiger partial charge < -0.3 is 10.2 Å². The van der Waals surface area contributed by atoms with Gasteiger partial charge in [0.15, 0.2) is 0 Å². The average molecular weight is 196 g/mol. The Morgan fingerprint density at radius 1 is 1.69 bits per heavy atom. The van der Waals surface area contributed by atoms with Gasteiger partial charge in [0.25, 0.3) is 0 Å². The van der Waals surface area contributed by atoms with Crippen LogP contribution in [0.5, 0.6) is 0 Å². The first-order valence-electron chi connectivity index (χ1n) is 4.34. The Morgan fingerprint density at radius 2 is 2.69 bits per heavy atom. The molecule has 0 aliphatic carbocycles. The highest BCUT2D eigenvalue weighted by atomic mass is 32.1. The average Bonchev–Trinajstić information content (AvgIpc) is 2.75. The summed E-state index contributed by atoms with van der Waals surface area (Å²) in [5.41, 5.74) is 4.22. The van der Waals surface area contributed by atoms with E-state index in [1.807, 2.05) is 17.7 Å². The van der Waals surface area contributed by atoms with Crippen molar-refractivity contribution < 1.29 is 4.74 Å². The normalized spacial score (nSPS) is 22.6. The van der Waals surface area contributed by atoms with E-state index in [9.17, 15) is 0 Å². The van der Waals surface area contributed by atoms with Crippen LogP contribution in [0.4, 0.5) is 0 Å². The van der Waals surface area contributed by atoms with Crippen LogP contribution in [0.2, 0.25) is 0 Å². The van der Waals surface area contributed by atoms with E-state index in [-0.39, 0.29) is 0 Å². The summed E-state index contributed by atoms with van der Waals surface area (Å²) in [6.45, 7) is 1.63. The molecular weight excluding hydrogens is 184 g/mol. The maximum atomic E-state index is 5.21. The zero-order valence-corrected chi connectivity index (χ0v) is 8.09. The van der Waals surface area contributed by atoms with E-state index < -0.39 is 0 Å². The summed E-state index contributed by atoms with van der Waals surface area (Å²) in [5, 5.41) is 8.26. The fourth-order valence-electron chi connectivity index (χ4n) is 1.20. The molecule has 2 heterocycles. The predicted molar refractivity (Wildman–Crippen MR) is 54.3 cm³/mol. The molecule has 1 fully saturated rings. The van der Waals surface area contributed by atoms with Crippen LogP contribution in [0.3, 0.4) is 0 Å². The Kier molecular flexibility index (Phi) is 2.94. The molecule has 13 heavy (non-hydrogen) atoms. The minimum Gasteiger partial charge on any atom is -0.379 e. The molecule has 4 heteroatoms. The summed E-state index contributed by atoms with van der Waals surface area (Å²) in [6.07, 6.45) is 2.90. The maximum absolute atomic E-state index is 5.21. The third-order valence-corrected chi connectivity index (χ3v) is 2.65. The maximum Gasteiger partial charge on any atom is 0.0695 e. The Hall–Kier alpha value is -0.870. The fraction of sp³-hybridized carbons (Fsp3) is 0.444. The number of ether oxygens (including phenoxy) is 1. The van der Waals surface area contributed by atoms with Gasteiger partial charge in [0.05, 0.1) is 18.9 Å². The molecule has 0 aromatic carbocycles. The lowest BCUT2D eigenvalue weighted by molar-refractivity contribution is 0.190. The van der Waals surface area contributed by atoms with Crippen molar-refractivity contribution in [1.82, 2.24) is 5.43 Å². The van der Waals surface area contributed by atoms with Crippen molar-refractivity contribution in [2.24, 2.45) is 5.10 Å². The lowest BCUT2D eigenvalue weighted by Crippen LogP contribution is -2.24. The molecule has 0 spiro atoms. The van der Waals surface area contributed by atoms with Crippen LogP contribution in [0.25, 0.3) is 0 Å². The first-order chi connectivity index (χ1) is 6.45. The van der Waals surface area contributed by atoms with E-state index in [0.29, 0.717) is 6.04 Å².